The summed E-state index contributed by atoms with van der Waals surface area (Å²) >= 11 is 1.26. The van der Waals surface area contributed by atoms with Crippen LogP contribution in [0.2, 0.25) is 0 Å². The number of alkyl halides is 3. The number of sulfonamides is 1. The molecule has 10 nitrogen and oxygen atoms in total. The molecule has 43 heavy (non-hydrogen) atoms. The molecule has 1 saturated heterocycles. The molecule has 0 bridgehead atoms. The van der Waals surface area contributed by atoms with E-state index in [0.717, 1.165) is 39.7 Å². The predicted molar refractivity (Wildman–Crippen MR) is 153 cm³/mol. The zero-order chi connectivity index (χ0) is 31.4. The van der Waals surface area contributed by atoms with Gasteiger partial charge in [0.05, 0.1) is 17.0 Å². The van der Waals surface area contributed by atoms with Gasteiger partial charge in [-0.2, -0.15) is 4.31 Å². The van der Waals surface area contributed by atoms with Crippen molar-refractivity contribution in [3.8, 4) is 5.75 Å². The summed E-state index contributed by atoms with van der Waals surface area (Å²) in [5, 5.41) is 14.0. The minimum Gasteiger partial charge on any atom is -0.481 e. The van der Waals surface area contributed by atoms with Crippen molar-refractivity contribution in [2.24, 2.45) is 0 Å². The minimum absolute atomic E-state index is 0.0432. The van der Waals surface area contributed by atoms with E-state index in [2.05, 4.69) is 28.9 Å². The number of benzene rings is 2. The van der Waals surface area contributed by atoms with E-state index in [1.165, 1.54) is 11.3 Å². The molecule has 0 saturated carbocycles. The Morgan fingerprint density at radius 3 is 2.40 bits per heavy atom. The highest BCUT2D eigenvalue weighted by molar-refractivity contribution is 7.89. The number of aliphatic carboxylic acids is 1. The van der Waals surface area contributed by atoms with E-state index < -0.39 is 40.1 Å². The van der Waals surface area contributed by atoms with Crippen LogP contribution in [0.1, 0.15) is 43.0 Å². The molecule has 1 fully saturated rings. The molecule has 15 heteroatoms. The molecule has 2 heterocycles. The van der Waals surface area contributed by atoms with Gasteiger partial charge in [0.15, 0.2) is 5.13 Å². The lowest BCUT2D eigenvalue weighted by molar-refractivity contribution is -0.274. The van der Waals surface area contributed by atoms with Gasteiger partial charge in [0.25, 0.3) is 0 Å². The molecule has 2 aromatic carbocycles. The molecule has 0 aliphatic carbocycles. The van der Waals surface area contributed by atoms with Gasteiger partial charge in [-0.25, -0.2) is 13.4 Å². The molecule has 232 valence electrons. The molecule has 1 aliphatic rings. The second-order valence-electron chi connectivity index (χ2n) is 10.2. The SMILES string of the molecule is CC(C)c1ccc(CNC(=O)C2CN(c3nc(CCC(=O)O)cs3)CCN2S(=O)(=O)c2ccc(OC(F)(F)F)cc2)cc1. The fourth-order valence-electron chi connectivity index (χ4n) is 4.51. The summed E-state index contributed by atoms with van der Waals surface area (Å²) in [5.74, 6) is -1.75. The van der Waals surface area contributed by atoms with Crippen LogP contribution in [0.15, 0.2) is 58.8 Å². The van der Waals surface area contributed by atoms with Crippen LogP contribution in [0.5, 0.6) is 5.75 Å². The van der Waals surface area contributed by atoms with Gasteiger partial charge in [0.2, 0.25) is 15.9 Å². The number of aryl methyl sites for hydroxylation is 1. The van der Waals surface area contributed by atoms with Gasteiger partial charge in [-0.15, -0.1) is 24.5 Å². The summed E-state index contributed by atoms with van der Waals surface area (Å²) < 4.78 is 70.0. The lowest BCUT2D eigenvalue weighted by Gasteiger charge is -2.39. The molecule has 1 aromatic heterocycles. The van der Waals surface area contributed by atoms with Crippen molar-refractivity contribution in [2.45, 2.75) is 56.5 Å². The van der Waals surface area contributed by atoms with Gasteiger partial charge in [-0.05, 0) is 41.3 Å². The molecule has 1 aliphatic heterocycles. The average molecular weight is 641 g/mol. The normalized spacial score (nSPS) is 16.3. The summed E-state index contributed by atoms with van der Waals surface area (Å²) in [5.41, 5.74) is 2.53. The first-order chi connectivity index (χ1) is 20.2. The molecule has 1 amide bonds. The van der Waals surface area contributed by atoms with Crippen molar-refractivity contribution in [3.05, 3.63) is 70.7 Å². The third kappa shape index (κ3) is 8.45. The van der Waals surface area contributed by atoms with Crippen LogP contribution in [-0.2, 0) is 32.6 Å². The van der Waals surface area contributed by atoms with E-state index in [-0.39, 0.29) is 43.9 Å². The first-order valence-electron chi connectivity index (χ1n) is 13.4. The lowest BCUT2D eigenvalue weighted by Crippen LogP contribution is -2.60. The van der Waals surface area contributed by atoms with Gasteiger partial charge in [-0.3, -0.25) is 9.59 Å². The van der Waals surface area contributed by atoms with Crippen molar-refractivity contribution in [2.75, 3.05) is 24.5 Å². The second-order valence-corrected chi connectivity index (χ2v) is 13.0. The number of thiazole rings is 1. The number of carboxylic acid groups (broad SMARTS) is 1. The Hall–Kier alpha value is -3.69. The van der Waals surface area contributed by atoms with E-state index in [9.17, 15) is 31.2 Å². The summed E-state index contributed by atoms with van der Waals surface area (Å²) in [4.78, 5) is 30.4. The molecule has 3 aromatic rings. The molecule has 0 radical (unpaired) electrons. The molecule has 1 unspecified atom stereocenters. The number of carboxylic acids is 1. The summed E-state index contributed by atoms with van der Waals surface area (Å²) in [6.45, 7) is 4.32. The third-order valence-electron chi connectivity index (χ3n) is 6.82. The van der Waals surface area contributed by atoms with Crippen molar-refractivity contribution in [1.29, 1.82) is 0 Å². The Labute approximate surface area is 251 Å². The quantitative estimate of drug-likeness (QED) is 0.316. The van der Waals surface area contributed by atoms with Crippen LogP contribution < -0.4 is 15.0 Å². The molecule has 1 atom stereocenters. The number of nitrogens with zero attached hydrogens (tertiary/aromatic N) is 3. The highest BCUT2D eigenvalue weighted by atomic mass is 32.2. The lowest BCUT2D eigenvalue weighted by atomic mass is 10.0. The maximum absolute atomic E-state index is 13.7. The Morgan fingerprint density at radius 2 is 1.79 bits per heavy atom. The maximum atomic E-state index is 13.7. The van der Waals surface area contributed by atoms with Crippen LogP contribution >= 0.6 is 11.3 Å². The summed E-state index contributed by atoms with van der Waals surface area (Å²) in [7, 11) is -4.31. The van der Waals surface area contributed by atoms with Crippen molar-refractivity contribution in [3.63, 3.8) is 0 Å². The smallest absolute Gasteiger partial charge is 0.481 e. The monoisotopic (exact) mass is 640 g/mol. The molecular weight excluding hydrogens is 609 g/mol. The van der Waals surface area contributed by atoms with Crippen LogP contribution in [0, 0.1) is 0 Å². The van der Waals surface area contributed by atoms with E-state index >= 15 is 0 Å². The number of anilines is 1. The first-order valence-corrected chi connectivity index (χ1v) is 15.7. The number of rotatable bonds is 11. The zero-order valence-electron chi connectivity index (χ0n) is 23.4. The Morgan fingerprint density at radius 1 is 1.12 bits per heavy atom. The number of hydrogen-bond donors (Lipinski definition) is 2. The number of amides is 1. The van der Waals surface area contributed by atoms with Crippen LogP contribution in [0.4, 0.5) is 18.3 Å². The number of hydrogen-bond acceptors (Lipinski definition) is 8. The Bertz CT molecular complexity index is 1530. The van der Waals surface area contributed by atoms with Gasteiger partial charge in [-0.1, -0.05) is 38.1 Å². The van der Waals surface area contributed by atoms with Crippen molar-refractivity contribution in [1.82, 2.24) is 14.6 Å². The molecule has 0 spiro atoms. The number of carbonyl (C=O) groups is 2. The van der Waals surface area contributed by atoms with Gasteiger partial charge in [0.1, 0.15) is 11.8 Å². The van der Waals surface area contributed by atoms with Crippen LogP contribution in [-0.4, -0.2) is 66.7 Å². The van der Waals surface area contributed by atoms with Crippen molar-refractivity contribution >= 4 is 38.4 Å². The second kappa shape index (κ2) is 13.3. The fourth-order valence-corrected chi connectivity index (χ4v) is 6.98. The number of nitrogens with one attached hydrogen (secondary N) is 1. The number of piperazine rings is 1. The summed E-state index contributed by atoms with van der Waals surface area (Å²) in [6.07, 6.45) is -4.79. The van der Waals surface area contributed by atoms with Crippen molar-refractivity contribution < 1.29 is 41.0 Å². The minimum atomic E-state index is -4.93. The van der Waals surface area contributed by atoms with Crippen LogP contribution in [0.3, 0.4) is 0 Å². The fraction of sp³-hybridized carbons (Fsp3) is 0.393. The van der Waals surface area contributed by atoms with Gasteiger partial charge in [0, 0.05) is 38.0 Å². The van der Waals surface area contributed by atoms with E-state index in [1.54, 1.807) is 10.3 Å². The molecule has 2 N–H and O–H groups in total. The molecule has 4 rings (SSSR count). The number of halogens is 3. The van der Waals surface area contributed by atoms with E-state index in [0.29, 0.717) is 16.7 Å². The van der Waals surface area contributed by atoms with Crippen LogP contribution in [0.25, 0.3) is 0 Å². The Kier molecular flexibility index (Phi) is 9.97. The topological polar surface area (TPSA) is 129 Å². The zero-order valence-corrected chi connectivity index (χ0v) is 25.0. The number of aromatic nitrogens is 1. The molecular formula is C28H31F3N4O6S2. The maximum Gasteiger partial charge on any atom is 0.573 e. The highest BCUT2D eigenvalue weighted by Crippen LogP contribution is 2.29. The Balaban J connectivity index is 1.56. The van der Waals surface area contributed by atoms with E-state index in [1.807, 2.05) is 24.3 Å². The highest BCUT2D eigenvalue weighted by Gasteiger charge is 2.41. The standard InChI is InChI=1S/C28H31F3N4O6S2/c1-18(2)20-5-3-19(4-6-20)15-32-26(38)24-16-34(27-33-21(17-42-27)7-12-25(36)37)13-14-35(24)43(39,40)23-10-8-22(9-11-23)41-28(29,30)31/h3-6,8-11,17-18,24H,7,12-16H2,1-2H3,(H,32,38)(H,36,37). The number of carbonyl (C=O) groups excluding carboxylic acids is 1. The average Bonchev–Trinajstić information content (AvgIpc) is 3.43. The third-order valence-corrected chi connectivity index (χ3v) is 9.69. The summed E-state index contributed by atoms with van der Waals surface area (Å²) in [6, 6.07) is 10.3. The number of ether oxygens (including phenoxy) is 1. The first kappa shape index (κ1) is 32.2. The van der Waals surface area contributed by atoms with Gasteiger partial charge < -0.3 is 20.1 Å². The largest absolute Gasteiger partial charge is 0.573 e. The predicted octanol–water partition coefficient (Wildman–Crippen LogP) is 4.38. The van der Waals surface area contributed by atoms with E-state index in [4.69, 9.17) is 5.11 Å². The van der Waals surface area contributed by atoms with Gasteiger partial charge >= 0.3 is 12.3 Å².